The van der Waals surface area contributed by atoms with Crippen molar-refractivity contribution >= 4 is 0 Å². The molecule has 110 valence electrons. The molecular weight excluding hydrogens is 264 g/mol. The molecule has 0 bridgehead atoms. The Labute approximate surface area is 124 Å². The smallest absolute Gasteiger partial charge is 0.102 e. The largest absolute Gasteiger partial charge is 0.301 e. The molecule has 1 aliphatic heterocycles. The molecule has 3 heterocycles. The molecule has 1 fully saturated rings. The van der Waals surface area contributed by atoms with Crippen molar-refractivity contribution in [1.82, 2.24) is 24.9 Å². The van der Waals surface area contributed by atoms with Gasteiger partial charge in [-0.2, -0.15) is 15.5 Å². The molecule has 1 atom stereocenters. The molecule has 0 amide bonds. The minimum Gasteiger partial charge on any atom is -0.301 e. The van der Waals surface area contributed by atoms with Crippen LogP contribution in [-0.2, 0) is 6.54 Å². The first-order chi connectivity index (χ1) is 10.2. The lowest BCUT2D eigenvalue weighted by molar-refractivity contribution is 0.197. The molecule has 1 aliphatic rings. The number of nitrogens with zero attached hydrogens (tertiary/aromatic N) is 5. The van der Waals surface area contributed by atoms with E-state index in [4.69, 9.17) is 5.26 Å². The Kier molecular flexibility index (Phi) is 4.02. The molecule has 2 aromatic rings. The topological polar surface area (TPSA) is 73.5 Å². The van der Waals surface area contributed by atoms with E-state index in [0.717, 1.165) is 31.9 Å². The van der Waals surface area contributed by atoms with Crippen LogP contribution in [0.5, 0.6) is 0 Å². The fourth-order valence-electron chi connectivity index (χ4n) is 2.94. The van der Waals surface area contributed by atoms with Gasteiger partial charge in [-0.3, -0.25) is 9.78 Å². The summed E-state index contributed by atoms with van der Waals surface area (Å²) in [5, 5.41) is 20.4. The SMILES string of the molecule is Cc1cc([C@@H]2CCCN(CCn3cc(C#N)cn3)C2)n[nH]1. The van der Waals surface area contributed by atoms with Gasteiger partial charge < -0.3 is 4.90 Å². The number of nitriles is 1. The molecule has 6 nitrogen and oxygen atoms in total. The third-order valence-corrected chi connectivity index (χ3v) is 4.06. The minimum absolute atomic E-state index is 0.524. The molecule has 3 rings (SSSR count). The predicted octanol–water partition coefficient (Wildman–Crippen LogP) is 1.67. The molecule has 6 heteroatoms. The molecule has 0 unspecified atom stereocenters. The number of likely N-dealkylation sites (tertiary alicyclic amines) is 1. The van der Waals surface area contributed by atoms with Gasteiger partial charge in [0, 0.05) is 30.9 Å². The van der Waals surface area contributed by atoms with Crippen LogP contribution in [0.3, 0.4) is 0 Å². The highest BCUT2D eigenvalue weighted by Crippen LogP contribution is 2.25. The van der Waals surface area contributed by atoms with Crippen molar-refractivity contribution in [1.29, 1.82) is 5.26 Å². The summed E-state index contributed by atoms with van der Waals surface area (Å²) >= 11 is 0. The lowest BCUT2D eigenvalue weighted by atomic mass is 9.95. The molecule has 0 spiro atoms. The summed E-state index contributed by atoms with van der Waals surface area (Å²) in [6, 6.07) is 4.26. The van der Waals surface area contributed by atoms with E-state index in [-0.39, 0.29) is 0 Å². The van der Waals surface area contributed by atoms with E-state index in [2.05, 4.69) is 32.3 Å². The molecule has 1 saturated heterocycles. The fourth-order valence-corrected chi connectivity index (χ4v) is 2.94. The van der Waals surface area contributed by atoms with Gasteiger partial charge >= 0.3 is 0 Å². The van der Waals surface area contributed by atoms with Gasteiger partial charge in [-0.15, -0.1) is 0 Å². The zero-order chi connectivity index (χ0) is 14.7. The van der Waals surface area contributed by atoms with Gasteiger partial charge in [-0.1, -0.05) is 0 Å². The second kappa shape index (κ2) is 6.10. The number of hydrogen-bond donors (Lipinski definition) is 1. The van der Waals surface area contributed by atoms with E-state index in [0.29, 0.717) is 11.5 Å². The van der Waals surface area contributed by atoms with Crippen molar-refractivity contribution in [2.75, 3.05) is 19.6 Å². The Morgan fingerprint density at radius 3 is 3.10 bits per heavy atom. The van der Waals surface area contributed by atoms with Crippen LogP contribution >= 0.6 is 0 Å². The number of H-pyrrole nitrogens is 1. The number of aryl methyl sites for hydroxylation is 1. The summed E-state index contributed by atoms with van der Waals surface area (Å²) in [4.78, 5) is 2.46. The number of rotatable bonds is 4. The van der Waals surface area contributed by atoms with Crippen LogP contribution < -0.4 is 0 Å². The highest BCUT2D eigenvalue weighted by atomic mass is 15.3. The van der Waals surface area contributed by atoms with Crippen molar-refractivity contribution in [3.63, 3.8) is 0 Å². The van der Waals surface area contributed by atoms with Crippen LogP contribution in [0.2, 0.25) is 0 Å². The van der Waals surface area contributed by atoms with Crippen LogP contribution in [0.4, 0.5) is 0 Å². The second-order valence-electron chi connectivity index (χ2n) is 5.72. The summed E-state index contributed by atoms with van der Waals surface area (Å²) in [5.74, 6) is 0.524. The van der Waals surface area contributed by atoms with Crippen molar-refractivity contribution in [3.05, 3.63) is 35.4 Å². The zero-order valence-electron chi connectivity index (χ0n) is 12.3. The third kappa shape index (κ3) is 3.31. The third-order valence-electron chi connectivity index (χ3n) is 4.06. The van der Waals surface area contributed by atoms with Crippen LogP contribution in [0, 0.1) is 18.3 Å². The summed E-state index contributed by atoms with van der Waals surface area (Å²) in [6.07, 6.45) is 5.84. The average Bonchev–Trinajstić information content (AvgIpc) is 3.14. The Hall–Kier alpha value is -2.13. The number of hydrogen-bond acceptors (Lipinski definition) is 4. The first-order valence-electron chi connectivity index (χ1n) is 7.41. The number of aromatic amines is 1. The van der Waals surface area contributed by atoms with Gasteiger partial charge in [0.25, 0.3) is 0 Å². The van der Waals surface area contributed by atoms with Gasteiger partial charge in [0.05, 0.1) is 24.0 Å². The lowest BCUT2D eigenvalue weighted by Gasteiger charge is -2.31. The van der Waals surface area contributed by atoms with Crippen LogP contribution in [0.1, 0.15) is 35.7 Å². The normalized spacial score (nSPS) is 19.5. The van der Waals surface area contributed by atoms with Crippen LogP contribution in [0.15, 0.2) is 18.5 Å². The van der Waals surface area contributed by atoms with E-state index < -0.39 is 0 Å². The Bertz CT molecular complexity index is 635. The van der Waals surface area contributed by atoms with Crippen molar-refractivity contribution in [2.45, 2.75) is 32.2 Å². The Balaban J connectivity index is 1.55. The van der Waals surface area contributed by atoms with Crippen molar-refractivity contribution in [3.8, 4) is 6.07 Å². The minimum atomic E-state index is 0.524. The Morgan fingerprint density at radius 2 is 2.38 bits per heavy atom. The van der Waals surface area contributed by atoms with E-state index in [9.17, 15) is 0 Å². The summed E-state index contributed by atoms with van der Waals surface area (Å²) in [5.41, 5.74) is 2.93. The lowest BCUT2D eigenvalue weighted by Crippen LogP contribution is -2.36. The highest BCUT2D eigenvalue weighted by Gasteiger charge is 2.22. The van der Waals surface area contributed by atoms with Gasteiger partial charge in [0.15, 0.2) is 0 Å². The molecule has 1 N–H and O–H groups in total. The number of piperidine rings is 1. The molecule has 21 heavy (non-hydrogen) atoms. The predicted molar refractivity (Wildman–Crippen MR) is 78.7 cm³/mol. The molecular formula is C15H20N6. The molecule has 0 aliphatic carbocycles. The monoisotopic (exact) mass is 284 g/mol. The van der Waals surface area contributed by atoms with Crippen molar-refractivity contribution in [2.24, 2.45) is 0 Å². The zero-order valence-corrected chi connectivity index (χ0v) is 12.3. The maximum Gasteiger partial charge on any atom is 0.102 e. The molecule has 0 aromatic carbocycles. The van der Waals surface area contributed by atoms with Gasteiger partial charge in [-0.05, 0) is 32.4 Å². The highest BCUT2D eigenvalue weighted by molar-refractivity contribution is 5.21. The number of aromatic nitrogens is 4. The summed E-state index contributed by atoms with van der Waals surface area (Å²) in [6.45, 7) is 6.02. The quantitative estimate of drug-likeness (QED) is 0.926. The molecule has 0 radical (unpaired) electrons. The average molecular weight is 284 g/mol. The summed E-state index contributed by atoms with van der Waals surface area (Å²) in [7, 11) is 0. The van der Waals surface area contributed by atoms with Gasteiger partial charge in [0.1, 0.15) is 6.07 Å². The second-order valence-corrected chi connectivity index (χ2v) is 5.72. The first-order valence-corrected chi connectivity index (χ1v) is 7.41. The van der Waals surface area contributed by atoms with E-state index >= 15 is 0 Å². The summed E-state index contributed by atoms with van der Waals surface area (Å²) < 4.78 is 1.85. The van der Waals surface area contributed by atoms with Crippen LogP contribution in [0.25, 0.3) is 0 Å². The maximum atomic E-state index is 8.81. The maximum absolute atomic E-state index is 8.81. The molecule has 0 saturated carbocycles. The van der Waals surface area contributed by atoms with Gasteiger partial charge in [0.2, 0.25) is 0 Å². The van der Waals surface area contributed by atoms with E-state index in [1.807, 2.05) is 11.6 Å². The van der Waals surface area contributed by atoms with E-state index in [1.165, 1.54) is 18.5 Å². The van der Waals surface area contributed by atoms with Crippen molar-refractivity contribution < 1.29 is 0 Å². The van der Waals surface area contributed by atoms with Gasteiger partial charge in [-0.25, -0.2) is 0 Å². The first kappa shape index (κ1) is 13.8. The Morgan fingerprint density at radius 1 is 1.48 bits per heavy atom. The van der Waals surface area contributed by atoms with Crippen LogP contribution in [-0.4, -0.2) is 44.5 Å². The van der Waals surface area contributed by atoms with E-state index in [1.54, 1.807) is 12.4 Å². The standard InChI is InChI=1S/C15H20N6/c1-12-7-15(19-18-12)14-3-2-4-20(11-14)5-6-21-10-13(8-16)9-17-21/h7,9-10,14H,2-6,11H2,1H3,(H,18,19)/t14-/m1/s1. The molecule has 2 aromatic heterocycles. The fraction of sp³-hybridized carbons (Fsp3) is 0.533. The number of nitrogens with one attached hydrogen (secondary N) is 1.